The number of alkyl halides is 2. The molecule has 144 valence electrons. The van der Waals surface area contributed by atoms with E-state index in [0.29, 0.717) is 25.6 Å². The van der Waals surface area contributed by atoms with Gasteiger partial charge in [0.25, 0.3) is 11.5 Å². The highest BCUT2D eigenvalue weighted by molar-refractivity contribution is 5.57. The number of morpholine rings is 1. The molecule has 0 bridgehead atoms. The SMILES string of the molecule is C[C@@H]1COCCN1c1cc(=O)n2c(n1)N1C(c3cocn3)C(F)(F)[C@]1(C)C2. The molecule has 0 saturated carbocycles. The predicted octanol–water partition coefficient (Wildman–Crippen LogP) is 1.43. The normalized spacial score (nSPS) is 31.4. The minimum absolute atomic E-state index is 0.0469. The summed E-state index contributed by atoms with van der Waals surface area (Å²) in [6.07, 6.45) is 2.34. The number of nitrogens with zero attached hydrogens (tertiary/aromatic N) is 5. The van der Waals surface area contributed by atoms with Gasteiger partial charge in [0.1, 0.15) is 29.4 Å². The number of hydrogen-bond acceptors (Lipinski definition) is 7. The van der Waals surface area contributed by atoms with Gasteiger partial charge in [-0.3, -0.25) is 9.36 Å². The molecule has 0 radical (unpaired) electrons. The summed E-state index contributed by atoms with van der Waals surface area (Å²) >= 11 is 0. The first-order chi connectivity index (χ1) is 12.8. The Balaban J connectivity index is 1.62. The van der Waals surface area contributed by atoms with Crippen molar-refractivity contribution >= 4 is 11.8 Å². The second-order valence-corrected chi connectivity index (χ2v) is 7.54. The van der Waals surface area contributed by atoms with Crippen molar-refractivity contribution in [1.29, 1.82) is 0 Å². The summed E-state index contributed by atoms with van der Waals surface area (Å²) in [4.78, 5) is 24.7. The van der Waals surface area contributed by atoms with Gasteiger partial charge in [0, 0.05) is 12.6 Å². The summed E-state index contributed by atoms with van der Waals surface area (Å²) in [6.45, 7) is 4.97. The largest absolute Gasteiger partial charge is 0.451 e. The lowest BCUT2D eigenvalue weighted by Gasteiger charge is -2.57. The molecule has 0 amide bonds. The first kappa shape index (κ1) is 16.7. The zero-order valence-electron chi connectivity index (χ0n) is 14.9. The molecule has 5 rings (SSSR count). The zero-order valence-corrected chi connectivity index (χ0v) is 14.9. The third kappa shape index (κ3) is 2.01. The second kappa shape index (κ2) is 5.28. The number of anilines is 2. The average Bonchev–Trinajstić information content (AvgIpc) is 3.23. The van der Waals surface area contributed by atoms with E-state index in [0.717, 1.165) is 6.39 Å². The van der Waals surface area contributed by atoms with Crippen LogP contribution in [0.15, 0.2) is 27.9 Å². The predicted molar refractivity (Wildman–Crippen MR) is 91.2 cm³/mol. The summed E-state index contributed by atoms with van der Waals surface area (Å²) in [5.41, 5.74) is -1.73. The van der Waals surface area contributed by atoms with Crippen LogP contribution in [0, 0.1) is 0 Å². The number of oxazole rings is 1. The fraction of sp³-hybridized carbons (Fsp3) is 0.588. The summed E-state index contributed by atoms with van der Waals surface area (Å²) in [5.74, 6) is -2.34. The number of aromatic nitrogens is 3. The van der Waals surface area contributed by atoms with Gasteiger partial charge in [0.05, 0.1) is 25.8 Å². The van der Waals surface area contributed by atoms with Gasteiger partial charge in [0.2, 0.25) is 5.95 Å². The third-order valence-electron chi connectivity index (χ3n) is 5.90. The Morgan fingerprint density at radius 2 is 2.19 bits per heavy atom. The lowest BCUT2D eigenvalue weighted by Crippen LogP contribution is -2.74. The Bertz CT molecular complexity index is 947. The van der Waals surface area contributed by atoms with Crippen LogP contribution in [0.3, 0.4) is 0 Å². The molecule has 3 atom stereocenters. The van der Waals surface area contributed by atoms with Crippen molar-refractivity contribution in [2.75, 3.05) is 29.6 Å². The molecule has 2 saturated heterocycles. The number of hydrogen-bond donors (Lipinski definition) is 0. The molecule has 8 nitrogen and oxygen atoms in total. The number of halogens is 2. The van der Waals surface area contributed by atoms with Crippen LogP contribution in [0.1, 0.15) is 25.6 Å². The van der Waals surface area contributed by atoms with Crippen LogP contribution in [0.5, 0.6) is 0 Å². The molecule has 0 aromatic carbocycles. The molecule has 3 aliphatic rings. The first-order valence-electron chi connectivity index (χ1n) is 8.86. The van der Waals surface area contributed by atoms with Crippen molar-refractivity contribution in [3.63, 3.8) is 0 Å². The van der Waals surface area contributed by atoms with E-state index in [1.165, 1.54) is 28.7 Å². The molecule has 0 N–H and O–H groups in total. The van der Waals surface area contributed by atoms with Crippen LogP contribution in [-0.2, 0) is 11.3 Å². The van der Waals surface area contributed by atoms with Crippen LogP contribution in [0.4, 0.5) is 20.5 Å². The molecular weight excluding hydrogens is 360 g/mol. The number of rotatable bonds is 2. The van der Waals surface area contributed by atoms with Crippen LogP contribution in [0.25, 0.3) is 0 Å². The lowest BCUT2D eigenvalue weighted by molar-refractivity contribution is -0.159. The van der Waals surface area contributed by atoms with Crippen molar-refractivity contribution in [2.45, 2.75) is 43.9 Å². The molecule has 27 heavy (non-hydrogen) atoms. The number of ether oxygens (including phenoxy) is 1. The Morgan fingerprint density at radius 1 is 1.37 bits per heavy atom. The molecule has 3 aliphatic heterocycles. The summed E-state index contributed by atoms with van der Waals surface area (Å²) < 4.78 is 41.7. The van der Waals surface area contributed by atoms with Crippen molar-refractivity contribution in [1.82, 2.24) is 14.5 Å². The molecule has 1 unspecified atom stereocenters. The molecule has 2 aromatic rings. The van der Waals surface area contributed by atoms with Gasteiger partial charge in [-0.25, -0.2) is 13.8 Å². The summed E-state index contributed by atoms with van der Waals surface area (Å²) in [7, 11) is 0. The quantitative estimate of drug-likeness (QED) is 0.781. The fourth-order valence-corrected chi connectivity index (χ4v) is 4.37. The van der Waals surface area contributed by atoms with Crippen LogP contribution in [-0.4, -0.2) is 51.8 Å². The lowest BCUT2D eigenvalue weighted by atomic mass is 9.75. The highest BCUT2D eigenvalue weighted by Gasteiger charge is 2.76. The first-order valence-corrected chi connectivity index (χ1v) is 8.86. The zero-order chi connectivity index (χ0) is 19.0. The molecule has 10 heteroatoms. The monoisotopic (exact) mass is 379 g/mol. The Hall–Kier alpha value is -2.49. The maximum Gasteiger partial charge on any atom is 0.298 e. The maximum absolute atomic E-state index is 15.0. The maximum atomic E-state index is 15.0. The van der Waals surface area contributed by atoms with Crippen LogP contribution < -0.4 is 15.4 Å². The van der Waals surface area contributed by atoms with Crippen LogP contribution in [0.2, 0.25) is 0 Å². The average molecular weight is 379 g/mol. The molecule has 0 aliphatic carbocycles. The minimum atomic E-state index is -3.07. The van der Waals surface area contributed by atoms with Crippen LogP contribution >= 0.6 is 0 Å². The molecule has 5 heterocycles. The van der Waals surface area contributed by atoms with Gasteiger partial charge in [0.15, 0.2) is 6.39 Å². The van der Waals surface area contributed by atoms with Gasteiger partial charge in [-0.15, -0.1) is 0 Å². The van der Waals surface area contributed by atoms with Crippen molar-refractivity contribution < 1.29 is 17.9 Å². The topological polar surface area (TPSA) is 76.6 Å². The van der Waals surface area contributed by atoms with E-state index < -0.39 is 17.5 Å². The summed E-state index contributed by atoms with van der Waals surface area (Å²) in [5, 5.41) is 0. The van der Waals surface area contributed by atoms with E-state index in [1.807, 2.05) is 11.8 Å². The highest BCUT2D eigenvalue weighted by atomic mass is 19.3. The second-order valence-electron chi connectivity index (χ2n) is 7.54. The fourth-order valence-electron chi connectivity index (χ4n) is 4.37. The number of fused-ring (bicyclic) bond motifs is 3. The van der Waals surface area contributed by atoms with Crippen molar-refractivity contribution in [3.8, 4) is 0 Å². The highest BCUT2D eigenvalue weighted by Crippen LogP contribution is 2.62. The van der Waals surface area contributed by atoms with Crippen molar-refractivity contribution in [2.24, 2.45) is 0 Å². The third-order valence-corrected chi connectivity index (χ3v) is 5.90. The van der Waals surface area contributed by atoms with E-state index in [-0.39, 0.29) is 29.8 Å². The van der Waals surface area contributed by atoms with Gasteiger partial charge in [-0.2, -0.15) is 4.98 Å². The van der Waals surface area contributed by atoms with Gasteiger partial charge >= 0.3 is 0 Å². The summed E-state index contributed by atoms with van der Waals surface area (Å²) in [6, 6.07) is 0.161. The van der Waals surface area contributed by atoms with E-state index in [1.54, 1.807) is 0 Å². The van der Waals surface area contributed by atoms with Gasteiger partial charge < -0.3 is 19.0 Å². The van der Waals surface area contributed by atoms with E-state index in [4.69, 9.17) is 9.15 Å². The Kier molecular flexibility index (Phi) is 3.26. The van der Waals surface area contributed by atoms with Gasteiger partial charge in [-0.05, 0) is 13.8 Å². The molecular formula is C17H19F2N5O3. The molecule has 2 aromatic heterocycles. The van der Waals surface area contributed by atoms with E-state index >= 15 is 8.78 Å². The molecule has 2 fully saturated rings. The van der Waals surface area contributed by atoms with Gasteiger partial charge in [-0.1, -0.05) is 0 Å². The standard InChI is InChI=1S/C17H19F2N5O3/c1-10-6-26-4-3-22(10)12-5-13(25)23-8-16(2)17(18,19)14(11-7-27-9-20-11)24(16)15(23)21-12/h5,7,9-10,14H,3-4,6,8H2,1-2H3/t10-,14?,16+/m1/s1. The minimum Gasteiger partial charge on any atom is -0.451 e. The smallest absolute Gasteiger partial charge is 0.298 e. The van der Waals surface area contributed by atoms with E-state index in [9.17, 15) is 4.79 Å². The Morgan fingerprint density at radius 3 is 2.89 bits per heavy atom. The van der Waals surface area contributed by atoms with Crippen molar-refractivity contribution in [3.05, 3.63) is 34.8 Å². The Labute approximate surface area is 153 Å². The van der Waals surface area contributed by atoms with E-state index in [2.05, 4.69) is 9.97 Å². The molecule has 0 spiro atoms.